The van der Waals surface area contributed by atoms with Gasteiger partial charge in [0.15, 0.2) is 5.82 Å². The molecule has 0 unspecified atom stereocenters. The van der Waals surface area contributed by atoms with Crippen LogP contribution in [0, 0.1) is 0 Å². The molecule has 3 heteroatoms. The van der Waals surface area contributed by atoms with E-state index < -0.39 is 5.41 Å². The van der Waals surface area contributed by atoms with E-state index in [1.54, 1.807) is 0 Å². The molecule has 1 aliphatic carbocycles. The number of para-hydroxylation sites is 2. The van der Waals surface area contributed by atoms with E-state index in [1.165, 1.54) is 33.4 Å². The van der Waals surface area contributed by atoms with Crippen molar-refractivity contribution >= 4 is 10.9 Å². The lowest BCUT2D eigenvalue weighted by Gasteiger charge is -2.39. The van der Waals surface area contributed by atoms with Crippen LogP contribution in [-0.4, -0.2) is 9.97 Å². The van der Waals surface area contributed by atoms with Crippen molar-refractivity contribution in [3.63, 3.8) is 0 Å². The normalized spacial score (nSPS) is 13.1. The van der Waals surface area contributed by atoms with E-state index in [4.69, 9.17) is 14.7 Å². The molecule has 2 aliphatic rings. The maximum Gasteiger partial charge on any atom is 0.160 e. The number of nitrogens with zero attached hydrogens (tertiary/aromatic N) is 2. The summed E-state index contributed by atoms with van der Waals surface area (Å²) in [5, 5.41) is 1.04. The lowest BCUT2D eigenvalue weighted by molar-refractivity contribution is 0.436. The number of ether oxygens (including phenoxy) is 1. The molecule has 0 radical (unpaired) electrons. The fraction of sp³-hybridized carbons (Fsp3) is 0.0196. The largest absolute Gasteiger partial charge is 0.457 e. The van der Waals surface area contributed by atoms with Crippen LogP contribution in [0.15, 0.2) is 194 Å². The van der Waals surface area contributed by atoms with Gasteiger partial charge in [0.2, 0.25) is 0 Å². The van der Waals surface area contributed by atoms with E-state index >= 15 is 0 Å². The number of benzene rings is 8. The fourth-order valence-corrected chi connectivity index (χ4v) is 8.75. The van der Waals surface area contributed by atoms with Gasteiger partial charge in [0.05, 0.1) is 16.6 Å². The maximum atomic E-state index is 6.66. The SMILES string of the molecule is c1ccc(-c2nc(-c3cccc(-c4ccc(-c5ccc6c(c5)C5(c7ccccc7O6)c6ccccc6-c6ccccc65)cc4)c3)c3ccccc3n2)cc1. The molecular weight excluding hydrogens is 657 g/mol. The highest BCUT2D eigenvalue weighted by Crippen LogP contribution is 2.62. The van der Waals surface area contributed by atoms with Crippen molar-refractivity contribution in [3.05, 3.63) is 216 Å². The Balaban J connectivity index is 1.00. The zero-order chi connectivity index (χ0) is 35.6. The summed E-state index contributed by atoms with van der Waals surface area (Å²) in [6.07, 6.45) is 0. The molecule has 3 nitrogen and oxygen atoms in total. The highest BCUT2D eigenvalue weighted by molar-refractivity contribution is 5.94. The van der Waals surface area contributed by atoms with Crippen LogP contribution < -0.4 is 4.74 Å². The third kappa shape index (κ3) is 4.55. The summed E-state index contributed by atoms with van der Waals surface area (Å²) in [5.74, 6) is 2.52. The second kappa shape index (κ2) is 12.0. The van der Waals surface area contributed by atoms with Gasteiger partial charge in [-0.05, 0) is 74.8 Å². The van der Waals surface area contributed by atoms with Crippen molar-refractivity contribution < 1.29 is 4.74 Å². The van der Waals surface area contributed by atoms with Gasteiger partial charge in [-0.1, -0.05) is 164 Å². The van der Waals surface area contributed by atoms with Gasteiger partial charge in [0.25, 0.3) is 0 Å². The zero-order valence-corrected chi connectivity index (χ0v) is 29.3. The van der Waals surface area contributed by atoms with E-state index in [2.05, 4.69) is 170 Å². The Morgan fingerprint density at radius 3 is 1.67 bits per heavy atom. The third-order valence-electron chi connectivity index (χ3n) is 11.2. The van der Waals surface area contributed by atoms with Crippen LogP contribution in [0.3, 0.4) is 0 Å². The predicted octanol–water partition coefficient (Wildman–Crippen LogP) is 12.8. The first-order valence-corrected chi connectivity index (χ1v) is 18.4. The average Bonchev–Trinajstić information content (AvgIpc) is 3.54. The fourth-order valence-electron chi connectivity index (χ4n) is 8.75. The molecule has 1 aromatic heterocycles. The van der Waals surface area contributed by atoms with E-state index in [9.17, 15) is 0 Å². The summed E-state index contributed by atoms with van der Waals surface area (Å²) in [5.41, 5.74) is 15.5. The first-order chi connectivity index (χ1) is 26.8. The van der Waals surface area contributed by atoms with Gasteiger partial charge in [-0.2, -0.15) is 0 Å². The minimum atomic E-state index is -0.487. The lowest BCUT2D eigenvalue weighted by Crippen LogP contribution is -2.32. The molecule has 0 N–H and O–H groups in total. The Morgan fingerprint density at radius 1 is 0.352 bits per heavy atom. The first-order valence-electron chi connectivity index (χ1n) is 18.4. The monoisotopic (exact) mass is 688 g/mol. The molecule has 1 aliphatic heterocycles. The molecule has 0 atom stereocenters. The molecule has 9 aromatic rings. The molecule has 2 heterocycles. The maximum absolute atomic E-state index is 6.66. The number of hydrogen-bond donors (Lipinski definition) is 0. The Hall–Kier alpha value is -7.10. The molecule has 252 valence electrons. The van der Waals surface area contributed by atoms with Gasteiger partial charge >= 0.3 is 0 Å². The van der Waals surface area contributed by atoms with Crippen LogP contribution in [0.2, 0.25) is 0 Å². The quantitative estimate of drug-likeness (QED) is 0.185. The predicted molar refractivity (Wildman–Crippen MR) is 219 cm³/mol. The average molecular weight is 689 g/mol. The van der Waals surface area contributed by atoms with Gasteiger partial charge in [0, 0.05) is 27.6 Å². The molecule has 11 rings (SSSR count). The van der Waals surface area contributed by atoms with Gasteiger partial charge in [-0.3, -0.25) is 0 Å². The van der Waals surface area contributed by atoms with Crippen molar-refractivity contribution in [2.75, 3.05) is 0 Å². The smallest absolute Gasteiger partial charge is 0.160 e. The molecule has 1 spiro atoms. The molecule has 54 heavy (non-hydrogen) atoms. The van der Waals surface area contributed by atoms with Gasteiger partial charge < -0.3 is 4.74 Å². The van der Waals surface area contributed by atoms with Crippen LogP contribution >= 0.6 is 0 Å². The van der Waals surface area contributed by atoms with Gasteiger partial charge in [0.1, 0.15) is 11.5 Å². The van der Waals surface area contributed by atoms with Crippen LogP contribution in [0.4, 0.5) is 0 Å². The van der Waals surface area contributed by atoms with Crippen molar-refractivity contribution in [1.29, 1.82) is 0 Å². The number of aromatic nitrogens is 2. The van der Waals surface area contributed by atoms with Crippen molar-refractivity contribution in [3.8, 4) is 67.5 Å². The highest BCUT2D eigenvalue weighted by Gasteiger charge is 2.50. The topological polar surface area (TPSA) is 35.0 Å². The minimum absolute atomic E-state index is 0.487. The van der Waals surface area contributed by atoms with E-state index in [1.807, 2.05) is 24.3 Å². The zero-order valence-electron chi connectivity index (χ0n) is 29.3. The van der Waals surface area contributed by atoms with Crippen LogP contribution in [0.25, 0.3) is 66.9 Å². The molecule has 0 bridgehead atoms. The molecule has 0 saturated heterocycles. The Kier molecular flexibility index (Phi) is 6.77. The summed E-state index contributed by atoms with van der Waals surface area (Å²) in [6, 6.07) is 69.0. The summed E-state index contributed by atoms with van der Waals surface area (Å²) in [6.45, 7) is 0. The van der Waals surface area contributed by atoms with Crippen molar-refractivity contribution in [1.82, 2.24) is 9.97 Å². The molecule has 0 amide bonds. The summed E-state index contributed by atoms with van der Waals surface area (Å²) >= 11 is 0. The Labute approximate surface area is 313 Å². The molecule has 0 fully saturated rings. The summed E-state index contributed by atoms with van der Waals surface area (Å²) in [4.78, 5) is 10.0. The minimum Gasteiger partial charge on any atom is -0.457 e. The van der Waals surface area contributed by atoms with Crippen LogP contribution in [0.5, 0.6) is 11.5 Å². The number of rotatable bonds is 4. The van der Waals surface area contributed by atoms with E-state index in [-0.39, 0.29) is 0 Å². The number of hydrogen-bond acceptors (Lipinski definition) is 3. The Bertz CT molecular complexity index is 2870. The molecular formula is C51H32N2O. The van der Waals surface area contributed by atoms with E-state index in [0.717, 1.165) is 67.3 Å². The summed E-state index contributed by atoms with van der Waals surface area (Å²) < 4.78 is 6.66. The van der Waals surface area contributed by atoms with E-state index in [0.29, 0.717) is 0 Å². The van der Waals surface area contributed by atoms with Gasteiger partial charge in [-0.15, -0.1) is 0 Å². The second-order valence-corrected chi connectivity index (χ2v) is 14.1. The first kappa shape index (κ1) is 30.5. The number of fused-ring (bicyclic) bond motifs is 10. The van der Waals surface area contributed by atoms with Crippen molar-refractivity contribution in [2.24, 2.45) is 0 Å². The van der Waals surface area contributed by atoms with Crippen LogP contribution in [-0.2, 0) is 5.41 Å². The van der Waals surface area contributed by atoms with Crippen molar-refractivity contribution in [2.45, 2.75) is 5.41 Å². The molecule has 0 saturated carbocycles. The standard InChI is InChI=1S/C51H32N2O/c1-2-13-35(14-3-1)50-52-46-23-10-6-19-41(46)49(53-50)38-16-12-15-36(31-38)33-25-27-34(28-26-33)37-29-30-48-45(32-37)51(44-22-9-11-24-47(44)54-48)42-20-7-4-17-39(42)40-18-5-8-21-43(40)51/h1-32H. The van der Waals surface area contributed by atoms with Gasteiger partial charge in [-0.25, -0.2) is 9.97 Å². The highest BCUT2D eigenvalue weighted by atomic mass is 16.5. The Morgan fingerprint density at radius 2 is 0.907 bits per heavy atom. The second-order valence-electron chi connectivity index (χ2n) is 14.1. The lowest BCUT2D eigenvalue weighted by atomic mass is 9.66. The van der Waals surface area contributed by atoms with Crippen LogP contribution in [0.1, 0.15) is 22.3 Å². The summed E-state index contributed by atoms with van der Waals surface area (Å²) in [7, 11) is 0. The third-order valence-corrected chi connectivity index (χ3v) is 11.2. The molecule has 8 aromatic carbocycles.